The first-order chi connectivity index (χ1) is 12.5. The molecule has 4 nitrogen and oxygen atoms in total. The molecule has 0 radical (unpaired) electrons. The minimum atomic E-state index is -0.674. The molecule has 26 heavy (non-hydrogen) atoms. The first kappa shape index (κ1) is 18.5. The van der Waals surface area contributed by atoms with Crippen LogP contribution in [-0.2, 0) is 16.6 Å². The molecule has 1 amide bonds. The van der Waals surface area contributed by atoms with Crippen molar-refractivity contribution in [3.8, 4) is 0 Å². The average molecular weight is 368 g/mol. The minimum Gasteiger partial charge on any atom is -0.355 e. The van der Waals surface area contributed by atoms with Gasteiger partial charge in [0.25, 0.3) is 0 Å². The summed E-state index contributed by atoms with van der Waals surface area (Å²) in [5.74, 6) is 0.0172. The second-order valence-corrected chi connectivity index (χ2v) is 8.09. The number of rotatable bonds is 7. The van der Waals surface area contributed by atoms with Gasteiger partial charge in [0, 0.05) is 19.0 Å². The van der Waals surface area contributed by atoms with Crippen molar-refractivity contribution in [1.29, 1.82) is 0 Å². The molecule has 0 saturated carbocycles. The summed E-state index contributed by atoms with van der Waals surface area (Å²) >= 11 is 1.65. The highest BCUT2D eigenvalue weighted by atomic mass is 32.1. The number of hydrogen-bond donors (Lipinski definition) is 2. The fraction of sp³-hybridized carbons (Fsp3) is 0.333. The van der Waals surface area contributed by atoms with Crippen molar-refractivity contribution in [3.05, 3.63) is 65.2 Å². The summed E-state index contributed by atoms with van der Waals surface area (Å²) in [4.78, 5) is 17.8. The molecule has 2 unspecified atom stereocenters. The minimum absolute atomic E-state index is 0.0172. The molecule has 2 aromatic carbocycles. The Morgan fingerprint density at radius 2 is 1.88 bits per heavy atom. The third-order valence-electron chi connectivity index (χ3n) is 4.64. The van der Waals surface area contributed by atoms with Gasteiger partial charge in [-0.15, -0.1) is 11.3 Å². The molecule has 0 spiro atoms. The van der Waals surface area contributed by atoms with Gasteiger partial charge in [0.15, 0.2) is 0 Å². The number of para-hydroxylation sites is 1. The lowest BCUT2D eigenvalue weighted by molar-refractivity contribution is -0.126. The maximum absolute atomic E-state index is 13.1. The SMILES string of the molecule is CC(N)CCNC(=O)C(C)(Cc1nc2ccccc2s1)c1ccccc1. The molecule has 2 atom stereocenters. The Hall–Kier alpha value is -2.24. The number of nitrogens with one attached hydrogen (secondary N) is 1. The van der Waals surface area contributed by atoms with E-state index >= 15 is 0 Å². The van der Waals surface area contributed by atoms with E-state index in [9.17, 15) is 4.79 Å². The Morgan fingerprint density at radius 3 is 2.58 bits per heavy atom. The fourth-order valence-electron chi connectivity index (χ4n) is 3.03. The number of nitrogens with two attached hydrogens (primary N) is 1. The van der Waals surface area contributed by atoms with Crippen LogP contribution >= 0.6 is 11.3 Å². The van der Waals surface area contributed by atoms with Crippen LogP contribution in [0.15, 0.2) is 54.6 Å². The lowest BCUT2D eigenvalue weighted by Gasteiger charge is -2.28. The molecular formula is C21H25N3OS. The number of carbonyl (C=O) groups is 1. The summed E-state index contributed by atoms with van der Waals surface area (Å²) in [6, 6.07) is 18.1. The van der Waals surface area contributed by atoms with Gasteiger partial charge in [0.2, 0.25) is 5.91 Å². The zero-order valence-corrected chi connectivity index (χ0v) is 16.1. The largest absolute Gasteiger partial charge is 0.355 e. The van der Waals surface area contributed by atoms with Crippen LogP contribution in [0, 0.1) is 0 Å². The van der Waals surface area contributed by atoms with E-state index in [1.54, 1.807) is 11.3 Å². The molecule has 0 saturated heterocycles. The molecule has 0 bridgehead atoms. The van der Waals surface area contributed by atoms with Crippen molar-refractivity contribution >= 4 is 27.5 Å². The highest BCUT2D eigenvalue weighted by molar-refractivity contribution is 7.18. The number of nitrogens with zero attached hydrogens (tertiary/aromatic N) is 1. The fourth-order valence-corrected chi connectivity index (χ4v) is 4.15. The molecule has 1 heterocycles. The third kappa shape index (κ3) is 4.11. The maximum atomic E-state index is 13.1. The summed E-state index contributed by atoms with van der Waals surface area (Å²) in [6.07, 6.45) is 1.33. The second kappa shape index (κ2) is 7.98. The van der Waals surface area contributed by atoms with Gasteiger partial charge in [-0.05, 0) is 38.0 Å². The van der Waals surface area contributed by atoms with Crippen molar-refractivity contribution in [2.24, 2.45) is 5.73 Å². The standard InChI is InChI=1S/C21H25N3OS/c1-15(22)12-13-23-20(25)21(2,16-8-4-3-5-9-16)14-19-24-17-10-6-7-11-18(17)26-19/h3-11,15H,12-14,22H2,1-2H3,(H,23,25). The van der Waals surface area contributed by atoms with E-state index in [-0.39, 0.29) is 11.9 Å². The number of fused-ring (bicyclic) bond motifs is 1. The highest BCUT2D eigenvalue weighted by Gasteiger charge is 2.36. The maximum Gasteiger partial charge on any atom is 0.230 e. The van der Waals surface area contributed by atoms with Gasteiger partial charge >= 0.3 is 0 Å². The van der Waals surface area contributed by atoms with Crippen LogP contribution in [0.25, 0.3) is 10.2 Å². The Morgan fingerprint density at radius 1 is 1.19 bits per heavy atom. The lowest BCUT2D eigenvalue weighted by atomic mass is 9.78. The Kier molecular flexibility index (Phi) is 5.69. The van der Waals surface area contributed by atoms with Gasteiger partial charge in [-0.25, -0.2) is 4.98 Å². The first-order valence-corrected chi connectivity index (χ1v) is 9.74. The summed E-state index contributed by atoms with van der Waals surface area (Å²) in [5.41, 5.74) is 7.12. The van der Waals surface area contributed by atoms with Crippen LogP contribution in [-0.4, -0.2) is 23.5 Å². The summed E-state index contributed by atoms with van der Waals surface area (Å²) in [7, 11) is 0. The topological polar surface area (TPSA) is 68.0 Å². The van der Waals surface area contributed by atoms with Crippen molar-refractivity contribution in [2.75, 3.05) is 6.54 Å². The quantitative estimate of drug-likeness (QED) is 0.670. The molecular weight excluding hydrogens is 342 g/mol. The van der Waals surface area contributed by atoms with E-state index < -0.39 is 5.41 Å². The number of carbonyl (C=O) groups excluding carboxylic acids is 1. The average Bonchev–Trinajstić information content (AvgIpc) is 3.04. The number of thiazole rings is 1. The molecule has 0 fully saturated rings. The van der Waals surface area contributed by atoms with Crippen molar-refractivity contribution in [3.63, 3.8) is 0 Å². The van der Waals surface area contributed by atoms with Gasteiger partial charge in [-0.2, -0.15) is 0 Å². The Bertz CT molecular complexity index is 842. The number of amides is 1. The molecule has 3 N–H and O–H groups in total. The van der Waals surface area contributed by atoms with Gasteiger partial charge in [0.05, 0.1) is 20.6 Å². The molecule has 0 aliphatic heterocycles. The molecule has 5 heteroatoms. The van der Waals surface area contributed by atoms with E-state index in [0.717, 1.165) is 27.2 Å². The normalized spacial score (nSPS) is 14.7. The van der Waals surface area contributed by atoms with Crippen molar-refractivity contribution < 1.29 is 4.79 Å². The van der Waals surface area contributed by atoms with E-state index in [2.05, 4.69) is 11.4 Å². The molecule has 1 aromatic heterocycles. The van der Waals surface area contributed by atoms with E-state index in [1.807, 2.05) is 62.4 Å². The van der Waals surface area contributed by atoms with Gasteiger partial charge < -0.3 is 11.1 Å². The Labute approximate surface area is 158 Å². The molecule has 0 aliphatic rings. The molecule has 3 rings (SSSR count). The van der Waals surface area contributed by atoms with Gasteiger partial charge in [0.1, 0.15) is 0 Å². The number of aromatic nitrogens is 1. The van der Waals surface area contributed by atoms with Crippen LogP contribution in [0.5, 0.6) is 0 Å². The van der Waals surface area contributed by atoms with Gasteiger partial charge in [-0.3, -0.25) is 4.79 Å². The smallest absolute Gasteiger partial charge is 0.230 e. The third-order valence-corrected chi connectivity index (χ3v) is 5.68. The zero-order chi connectivity index (χ0) is 18.6. The van der Waals surface area contributed by atoms with E-state index in [0.29, 0.717) is 13.0 Å². The number of benzene rings is 2. The first-order valence-electron chi connectivity index (χ1n) is 8.93. The Balaban J connectivity index is 1.88. The van der Waals surface area contributed by atoms with Crippen LogP contribution in [0.4, 0.5) is 0 Å². The van der Waals surface area contributed by atoms with E-state index in [1.165, 1.54) is 0 Å². The number of hydrogen-bond acceptors (Lipinski definition) is 4. The monoisotopic (exact) mass is 367 g/mol. The van der Waals surface area contributed by atoms with Crippen LogP contribution in [0.3, 0.4) is 0 Å². The predicted molar refractivity (Wildman–Crippen MR) is 108 cm³/mol. The van der Waals surface area contributed by atoms with Crippen LogP contribution in [0.2, 0.25) is 0 Å². The predicted octanol–water partition coefficient (Wildman–Crippen LogP) is 3.65. The lowest BCUT2D eigenvalue weighted by Crippen LogP contribution is -2.44. The van der Waals surface area contributed by atoms with E-state index in [4.69, 9.17) is 10.7 Å². The summed E-state index contributed by atoms with van der Waals surface area (Å²) < 4.78 is 1.15. The molecule has 136 valence electrons. The summed E-state index contributed by atoms with van der Waals surface area (Å²) in [6.45, 7) is 4.53. The highest BCUT2D eigenvalue weighted by Crippen LogP contribution is 2.32. The molecule has 3 aromatic rings. The summed E-state index contributed by atoms with van der Waals surface area (Å²) in [5, 5.41) is 4.04. The van der Waals surface area contributed by atoms with Gasteiger partial charge in [-0.1, -0.05) is 42.5 Å². The van der Waals surface area contributed by atoms with Crippen LogP contribution < -0.4 is 11.1 Å². The van der Waals surface area contributed by atoms with Crippen molar-refractivity contribution in [2.45, 2.75) is 38.1 Å². The van der Waals surface area contributed by atoms with Crippen molar-refractivity contribution in [1.82, 2.24) is 10.3 Å². The zero-order valence-electron chi connectivity index (χ0n) is 15.2. The molecule has 0 aliphatic carbocycles. The van der Waals surface area contributed by atoms with Crippen LogP contribution in [0.1, 0.15) is 30.8 Å². The second-order valence-electron chi connectivity index (χ2n) is 6.97.